The average Bonchev–Trinajstić information content (AvgIpc) is 2.17. The molecule has 0 radical (unpaired) electrons. The third kappa shape index (κ3) is 1.98. The van der Waals surface area contributed by atoms with Crippen LogP contribution in [0, 0.1) is 10.1 Å². The number of hydrogen-bond acceptors (Lipinski definition) is 3. The molecular formula is C10H10INO3. The van der Waals surface area contributed by atoms with Crippen molar-refractivity contribution in [2.24, 2.45) is 0 Å². The number of hydrogen-bond donors (Lipinski definition) is 1. The summed E-state index contributed by atoms with van der Waals surface area (Å²) < 4.78 is -0.947. The van der Waals surface area contributed by atoms with Crippen molar-refractivity contribution in [3.8, 4) is 0 Å². The first kappa shape index (κ1) is 10.8. The van der Waals surface area contributed by atoms with Gasteiger partial charge >= 0.3 is 0 Å². The molecule has 15 heavy (non-hydrogen) atoms. The van der Waals surface area contributed by atoms with Crippen LogP contribution in [0.2, 0.25) is 0 Å². The van der Waals surface area contributed by atoms with Gasteiger partial charge in [0.05, 0.1) is 4.92 Å². The molecule has 1 aliphatic rings. The van der Waals surface area contributed by atoms with Crippen molar-refractivity contribution < 1.29 is 10.0 Å². The highest BCUT2D eigenvalue weighted by Gasteiger charge is 2.32. The summed E-state index contributed by atoms with van der Waals surface area (Å²) in [5.41, 5.74) is 1.76. The smallest absolute Gasteiger partial charge is 0.269 e. The first-order valence-electron chi connectivity index (χ1n) is 4.70. The summed E-state index contributed by atoms with van der Waals surface area (Å²) in [5.74, 6) is 0. The molecule has 1 unspecified atom stereocenters. The van der Waals surface area contributed by atoms with Gasteiger partial charge in [-0.25, -0.2) is 0 Å². The molecule has 0 saturated carbocycles. The van der Waals surface area contributed by atoms with Gasteiger partial charge in [0.1, 0.15) is 3.61 Å². The van der Waals surface area contributed by atoms with Gasteiger partial charge in [-0.05, 0) is 47.4 Å². The SMILES string of the molecule is O=[N+]([O-])c1ccc2c(c1)C(O)(I)CCC2. The van der Waals surface area contributed by atoms with Gasteiger partial charge < -0.3 is 5.11 Å². The zero-order chi connectivity index (χ0) is 11.1. The minimum absolute atomic E-state index is 0.0470. The number of halogens is 1. The standard InChI is InChI=1S/C10H10INO3/c11-10(13)5-1-2-7-3-4-8(12(14)15)6-9(7)10/h3-4,6,13H,1-2,5H2. The fourth-order valence-electron chi connectivity index (χ4n) is 1.90. The van der Waals surface area contributed by atoms with Gasteiger partial charge in [-0.15, -0.1) is 0 Å². The number of nitro groups is 1. The van der Waals surface area contributed by atoms with E-state index in [4.69, 9.17) is 0 Å². The van der Waals surface area contributed by atoms with Crippen molar-refractivity contribution in [2.45, 2.75) is 22.9 Å². The van der Waals surface area contributed by atoms with Crippen molar-refractivity contribution >= 4 is 28.3 Å². The van der Waals surface area contributed by atoms with Gasteiger partial charge in [-0.3, -0.25) is 10.1 Å². The molecule has 1 atom stereocenters. The summed E-state index contributed by atoms with van der Waals surface area (Å²) in [4.78, 5) is 10.2. The van der Waals surface area contributed by atoms with E-state index in [9.17, 15) is 15.2 Å². The van der Waals surface area contributed by atoms with E-state index in [2.05, 4.69) is 0 Å². The van der Waals surface area contributed by atoms with Crippen LogP contribution in [0.1, 0.15) is 24.0 Å². The van der Waals surface area contributed by atoms with Crippen LogP contribution < -0.4 is 0 Å². The molecule has 4 nitrogen and oxygen atoms in total. The fourth-order valence-corrected chi connectivity index (χ4v) is 2.78. The molecule has 5 heteroatoms. The number of aryl methyl sites for hydroxylation is 1. The molecule has 0 heterocycles. The number of rotatable bonds is 1. The zero-order valence-electron chi connectivity index (χ0n) is 7.94. The number of nitrogens with zero attached hydrogens (tertiary/aromatic N) is 1. The summed E-state index contributed by atoms with van der Waals surface area (Å²) in [7, 11) is 0. The minimum Gasteiger partial charge on any atom is -0.375 e. The third-order valence-corrected chi connectivity index (χ3v) is 3.79. The van der Waals surface area contributed by atoms with E-state index in [0.29, 0.717) is 12.0 Å². The van der Waals surface area contributed by atoms with Crippen molar-refractivity contribution in [3.05, 3.63) is 39.4 Å². The lowest BCUT2D eigenvalue weighted by molar-refractivity contribution is -0.385. The Morgan fingerprint density at radius 3 is 2.93 bits per heavy atom. The third-order valence-electron chi connectivity index (χ3n) is 2.67. The number of alkyl halides is 1. The highest BCUT2D eigenvalue weighted by Crippen LogP contribution is 2.41. The van der Waals surface area contributed by atoms with Crippen molar-refractivity contribution in [1.82, 2.24) is 0 Å². The number of aliphatic hydroxyl groups is 1. The van der Waals surface area contributed by atoms with Gasteiger partial charge in [0.2, 0.25) is 0 Å². The van der Waals surface area contributed by atoms with E-state index >= 15 is 0 Å². The first-order valence-corrected chi connectivity index (χ1v) is 5.78. The lowest BCUT2D eigenvalue weighted by atomic mass is 9.89. The van der Waals surface area contributed by atoms with Crippen molar-refractivity contribution in [3.63, 3.8) is 0 Å². The Balaban J connectivity index is 2.53. The number of fused-ring (bicyclic) bond motifs is 1. The fraction of sp³-hybridized carbons (Fsp3) is 0.400. The van der Waals surface area contributed by atoms with E-state index in [1.54, 1.807) is 6.07 Å². The van der Waals surface area contributed by atoms with Crippen LogP contribution in [0.4, 0.5) is 5.69 Å². The van der Waals surface area contributed by atoms with Crippen LogP contribution in [0.15, 0.2) is 18.2 Å². The molecule has 80 valence electrons. The molecule has 0 spiro atoms. The van der Waals surface area contributed by atoms with Crippen LogP contribution in [0.5, 0.6) is 0 Å². The molecule has 2 rings (SSSR count). The molecular weight excluding hydrogens is 309 g/mol. The summed E-state index contributed by atoms with van der Waals surface area (Å²) >= 11 is 1.96. The van der Waals surface area contributed by atoms with Crippen molar-refractivity contribution in [2.75, 3.05) is 0 Å². The van der Waals surface area contributed by atoms with E-state index in [1.807, 2.05) is 22.6 Å². The molecule has 0 amide bonds. The molecule has 1 aromatic rings. The molecule has 1 N–H and O–H groups in total. The normalized spacial score (nSPS) is 24.7. The maximum Gasteiger partial charge on any atom is 0.269 e. The zero-order valence-corrected chi connectivity index (χ0v) is 10.1. The summed E-state index contributed by atoms with van der Waals surface area (Å²) in [6, 6.07) is 4.73. The van der Waals surface area contributed by atoms with E-state index in [0.717, 1.165) is 18.4 Å². The maximum atomic E-state index is 10.6. The second-order valence-electron chi connectivity index (χ2n) is 3.71. The first-order chi connectivity index (χ1) is 7.00. The van der Waals surface area contributed by atoms with Crippen LogP contribution in [-0.4, -0.2) is 10.0 Å². The monoisotopic (exact) mass is 319 g/mol. The Bertz CT molecular complexity index is 417. The Morgan fingerprint density at radius 2 is 2.27 bits per heavy atom. The van der Waals surface area contributed by atoms with Gasteiger partial charge in [0.15, 0.2) is 0 Å². The van der Waals surface area contributed by atoms with Crippen molar-refractivity contribution in [1.29, 1.82) is 0 Å². The molecule has 0 bridgehead atoms. The molecule has 1 aromatic carbocycles. The van der Waals surface area contributed by atoms with E-state index in [1.165, 1.54) is 12.1 Å². The van der Waals surface area contributed by atoms with Gasteiger partial charge in [0, 0.05) is 17.7 Å². The number of nitro benzene ring substituents is 1. The van der Waals surface area contributed by atoms with Gasteiger partial charge in [-0.2, -0.15) is 0 Å². The van der Waals surface area contributed by atoms with Gasteiger partial charge in [0.25, 0.3) is 5.69 Å². The summed E-state index contributed by atoms with van der Waals surface area (Å²) in [6.45, 7) is 0. The molecule has 1 aliphatic carbocycles. The quantitative estimate of drug-likeness (QED) is 0.374. The predicted molar refractivity (Wildman–Crippen MR) is 64.0 cm³/mol. The Morgan fingerprint density at radius 1 is 1.53 bits per heavy atom. The predicted octanol–water partition coefficient (Wildman–Crippen LogP) is 2.51. The van der Waals surface area contributed by atoms with Gasteiger partial charge in [-0.1, -0.05) is 6.07 Å². The van der Waals surface area contributed by atoms with Crippen LogP contribution in [0.3, 0.4) is 0 Å². The average molecular weight is 319 g/mol. The number of benzene rings is 1. The Kier molecular flexibility index (Phi) is 2.68. The highest BCUT2D eigenvalue weighted by molar-refractivity contribution is 14.1. The lowest BCUT2D eigenvalue weighted by Gasteiger charge is -2.28. The summed E-state index contributed by atoms with van der Waals surface area (Å²) in [6.07, 6.45) is 2.46. The largest absolute Gasteiger partial charge is 0.375 e. The molecule has 0 saturated heterocycles. The minimum atomic E-state index is -0.947. The topological polar surface area (TPSA) is 63.4 Å². The summed E-state index contributed by atoms with van der Waals surface area (Å²) in [5, 5.41) is 20.7. The second kappa shape index (κ2) is 3.71. The lowest BCUT2D eigenvalue weighted by Crippen LogP contribution is -2.23. The van der Waals surface area contributed by atoms with E-state index < -0.39 is 8.53 Å². The Labute approximate surface area is 101 Å². The molecule has 0 aliphatic heterocycles. The van der Waals surface area contributed by atoms with E-state index in [-0.39, 0.29) is 5.69 Å². The van der Waals surface area contributed by atoms with Crippen LogP contribution in [0.25, 0.3) is 0 Å². The highest BCUT2D eigenvalue weighted by atomic mass is 127. The molecule has 0 aromatic heterocycles. The Hall–Kier alpha value is -0.690. The van der Waals surface area contributed by atoms with Crippen LogP contribution >= 0.6 is 22.6 Å². The maximum absolute atomic E-state index is 10.6. The van der Waals surface area contributed by atoms with Crippen LogP contribution in [-0.2, 0) is 10.0 Å². The second-order valence-corrected chi connectivity index (χ2v) is 5.50. The molecule has 0 fully saturated rings. The number of non-ortho nitro benzene ring substituents is 1.